The first-order valence-electron chi connectivity index (χ1n) is 8.55. The first kappa shape index (κ1) is 17.7. The van der Waals surface area contributed by atoms with E-state index in [9.17, 15) is 9.59 Å². The van der Waals surface area contributed by atoms with Crippen LogP contribution in [0.25, 0.3) is 10.8 Å². The van der Waals surface area contributed by atoms with E-state index in [-0.39, 0.29) is 17.4 Å². The van der Waals surface area contributed by atoms with Crippen LogP contribution >= 0.6 is 0 Å². The van der Waals surface area contributed by atoms with Crippen LogP contribution in [0.2, 0.25) is 0 Å². The van der Waals surface area contributed by atoms with E-state index in [0.717, 1.165) is 10.8 Å². The van der Waals surface area contributed by atoms with E-state index in [1.54, 1.807) is 24.3 Å². The Morgan fingerprint density at radius 1 is 0.769 bits per heavy atom. The van der Waals surface area contributed by atoms with Crippen LogP contribution in [0.15, 0.2) is 66.7 Å². The topological polar surface area (TPSA) is 58.2 Å². The molecule has 0 saturated carbocycles. The molecule has 0 fully saturated rings. The second kappa shape index (κ2) is 7.00. The quantitative estimate of drug-likeness (QED) is 0.727. The highest BCUT2D eigenvalue weighted by Gasteiger charge is 2.15. The summed E-state index contributed by atoms with van der Waals surface area (Å²) in [5.74, 6) is -0.307. The zero-order valence-electron chi connectivity index (χ0n) is 15.2. The van der Waals surface area contributed by atoms with Gasteiger partial charge in [-0.25, -0.2) is 0 Å². The van der Waals surface area contributed by atoms with Crippen LogP contribution in [0.5, 0.6) is 0 Å². The molecule has 4 nitrogen and oxygen atoms in total. The molecule has 0 radical (unpaired) electrons. The van der Waals surface area contributed by atoms with Gasteiger partial charge in [-0.3, -0.25) is 9.59 Å². The van der Waals surface area contributed by atoms with Crippen molar-refractivity contribution in [2.45, 2.75) is 26.3 Å². The van der Waals surface area contributed by atoms with Gasteiger partial charge in [0.05, 0.1) is 0 Å². The van der Waals surface area contributed by atoms with Gasteiger partial charge in [0.15, 0.2) is 0 Å². The van der Waals surface area contributed by atoms with Gasteiger partial charge in [-0.1, -0.05) is 36.4 Å². The number of rotatable bonds is 3. The third-order valence-corrected chi connectivity index (χ3v) is 3.93. The van der Waals surface area contributed by atoms with E-state index in [2.05, 4.69) is 10.6 Å². The SMILES string of the molecule is CC(C)(C)NC(=O)c1ccc(NC(=O)c2cccc3ccccc23)cc1. The molecule has 0 saturated heterocycles. The molecule has 0 atom stereocenters. The van der Waals surface area contributed by atoms with Crippen LogP contribution in [0.3, 0.4) is 0 Å². The maximum Gasteiger partial charge on any atom is 0.256 e. The van der Waals surface area contributed by atoms with Crippen LogP contribution in [-0.4, -0.2) is 17.4 Å². The van der Waals surface area contributed by atoms with Crippen molar-refractivity contribution in [2.75, 3.05) is 5.32 Å². The highest BCUT2D eigenvalue weighted by molar-refractivity contribution is 6.13. The molecule has 4 heteroatoms. The van der Waals surface area contributed by atoms with Crippen molar-refractivity contribution in [3.05, 3.63) is 77.9 Å². The predicted octanol–water partition coefficient (Wildman–Crippen LogP) is 4.62. The van der Waals surface area contributed by atoms with Gasteiger partial charge in [-0.15, -0.1) is 0 Å². The van der Waals surface area contributed by atoms with E-state index < -0.39 is 0 Å². The maximum atomic E-state index is 12.6. The largest absolute Gasteiger partial charge is 0.347 e. The van der Waals surface area contributed by atoms with Crippen molar-refractivity contribution < 1.29 is 9.59 Å². The Morgan fingerprint density at radius 2 is 1.42 bits per heavy atom. The first-order valence-corrected chi connectivity index (χ1v) is 8.55. The number of fused-ring (bicyclic) bond motifs is 1. The molecule has 0 unspecified atom stereocenters. The Morgan fingerprint density at radius 3 is 2.12 bits per heavy atom. The Kier molecular flexibility index (Phi) is 4.76. The molecule has 2 N–H and O–H groups in total. The Bertz CT molecular complexity index is 949. The maximum absolute atomic E-state index is 12.6. The van der Waals surface area contributed by atoms with Crippen LogP contribution < -0.4 is 10.6 Å². The minimum atomic E-state index is -0.293. The minimum absolute atomic E-state index is 0.135. The van der Waals surface area contributed by atoms with Gasteiger partial charge in [0.25, 0.3) is 11.8 Å². The molecule has 3 rings (SSSR count). The standard InChI is InChI=1S/C22H22N2O2/c1-22(2,3)24-20(25)16-11-13-17(14-12-16)23-21(26)19-10-6-8-15-7-4-5-9-18(15)19/h4-14H,1-3H3,(H,23,26)(H,24,25). The van der Waals surface area contributed by atoms with Gasteiger partial charge in [-0.05, 0) is 61.9 Å². The van der Waals surface area contributed by atoms with Crippen LogP contribution in [0, 0.1) is 0 Å². The predicted molar refractivity (Wildman–Crippen MR) is 106 cm³/mol. The molecule has 3 aromatic carbocycles. The second-order valence-electron chi connectivity index (χ2n) is 7.26. The third-order valence-electron chi connectivity index (χ3n) is 3.93. The lowest BCUT2D eigenvalue weighted by molar-refractivity contribution is 0.0919. The van der Waals surface area contributed by atoms with Gasteiger partial charge in [0.1, 0.15) is 0 Å². The van der Waals surface area contributed by atoms with Gasteiger partial charge in [0, 0.05) is 22.4 Å². The molecular weight excluding hydrogens is 324 g/mol. The molecule has 26 heavy (non-hydrogen) atoms. The summed E-state index contributed by atoms with van der Waals surface area (Å²) in [7, 11) is 0. The highest BCUT2D eigenvalue weighted by Crippen LogP contribution is 2.20. The number of hydrogen-bond acceptors (Lipinski definition) is 2. The van der Waals surface area contributed by atoms with Gasteiger partial charge < -0.3 is 10.6 Å². The van der Waals surface area contributed by atoms with Gasteiger partial charge in [0.2, 0.25) is 0 Å². The van der Waals surface area contributed by atoms with Crippen LogP contribution in [-0.2, 0) is 0 Å². The molecule has 3 aromatic rings. The lowest BCUT2D eigenvalue weighted by Crippen LogP contribution is -2.40. The van der Waals surface area contributed by atoms with E-state index in [4.69, 9.17) is 0 Å². The zero-order valence-corrected chi connectivity index (χ0v) is 15.2. The van der Waals surface area contributed by atoms with Crippen molar-refractivity contribution in [3.63, 3.8) is 0 Å². The van der Waals surface area contributed by atoms with Crippen LogP contribution in [0.1, 0.15) is 41.5 Å². The number of carbonyl (C=O) groups excluding carboxylic acids is 2. The molecule has 0 aliphatic rings. The summed E-state index contributed by atoms with van der Waals surface area (Å²) in [5.41, 5.74) is 1.54. The lowest BCUT2D eigenvalue weighted by atomic mass is 10.0. The number of carbonyl (C=O) groups is 2. The Labute approximate surface area is 153 Å². The van der Waals surface area contributed by atoms with Crippen molar-refractivity contribution in [3.8, 4) is 0 Å². The van der Waals surface area contributed by atoms with Crippen molar-refractivity contribution in [1.82, 2.24) is 5.32 Å². The van der Waals surface area contributed by atoms with Crippen molar-refractivity contribution >= 4 is 28.3 Å². The van der Waals surface area contributed by atoms with Gasteiger partial charge in [-0.2, -0.15) is 0 Å². The highest BCUT2D eigenvalue weighted by atomic mass is 16.2. The van der Waals surface area contributed by atoms with Crippen LogP contribution in [0.4, 0.5) is 5.69 Å². The average Bonchev–Trinajstić information content (AvgIpc) is 2.60. The number of hydrogen-bond donors (Lipinski definition) is 2. The fourth-order valence-corrected chi connectivity index (χ4v) is 2.74. The third kappa shape index (κ3) is 4.09. The number of benzene rings is 3. The summed E-state index contributed by atoms with van der Waals surface area (Å²) in [6, 6.07) is 20.3. The summed E-state index contributed by atoms with van der Waals surface area (Å²) in [4.78, 5) is 24.8. The summed E-state index contributed by atoms with van der Waals surface area (Å²) < 4.78 is 0. The summed E-state index contributed by atoms with van der Waals surface area (Å²) in [6.07, 6.45) is 0. The molecule has 0 bridgehead atoms. The fourth-order valence-electron chi connectivity index (χ4n) is 2.74. The lowest BCUT2D eigenvalue weighted by Gasteiger charge is -2.20. The Hall–Kier alpha value is -3.14. The zero-order chi connectivity index (χ0) is 18.7. The molecule has 0 aromatic heterocycles. The molecule has 0 spiro atoms. The van der Waals surface area contributed by atoms with Crippen molar-refractivity contribution in [2.24, 2.45) is 0 Å². The van der Waals surface area contributed by atoms with Gasteiger partial charge >= 0.3 is 0 Å². The molecule has 0 heterocycles. The van der Waals surface area contributed by atoms with E-state index >= 15 is 0 Å². The number of amides is 2. The van der Waals surface area contributed by atoms with Crippen molar-refractivity contribution in [1.29, 1.82) is 0 Å². The number of anilines is 1. The Balaban J connectivity index is 1.77. The number of nitrogens with one attached hydrogen (secondary N) is 2. The average molecular weight is 346 g/mol. The smallest absolute Gasteiger partial charge is 0.256 e. The monoisotopic (exact) mass is 346 g/mol. The molecule has 0 aliphatic heterocycles. The molecule has 0 aliphatic carbocycles. The summed E-state index contributed by atoms with van der Waals surface area (Å²) >= 11 is 0. The molecular formula is C22H22N2O2. The summed E-state index contributed by atoms with van der Waals surface area (Å²) in [5, 5.41) is 7.74. The molecule has 2 amide bonds. The van der Waals surface area contributed by atoms with E-state index in [1.165, 1.54) is 0 Å². The normalized spacial score (nSPS) is 11.2. The summed E-state index contributed by atoms with van der Waals surface area (Å²) in [6.45, 7) is 5.80. The first-order chi connectivity index (χ1) is 12.3. The molecule has 132 valence electrons. The second-order valence-corrected chi connectivity index (χ2v) is 7.26. The minimum Gasteiger partial charge on any atom is -0.347 e. The van der Waals surface area contributed by atoms with E-state index in [1.807, 2.05) is 63.2 Å². The fraction of sp³-hybridized carbons (Fsp3) is 0.182. The van der Waals surface area contributed by atoms with E-state index in [0.29, 0.717) is 16.8 Å².